The normalized spacial score (nSPS) is 11.6. The number of benzene rings is 1. The molecule has 0 aliphatic carbocycles. The second-order valence-electron chi connectivity index (χ2n) is 5.32. The Morgan fingerprint density at radius 3 is 2.74 bits per heavy atom. The monoisotopic (exact) mass is 330 g/mol. The van der Waals surface area contributed by atoms with Gasteiger partial charge in [0.15, 0.2) is 0 Å². The fourth-order valence-corrected chi connectivity index (χ4v) is 3.06. The van der Waals surface area contributed by atoms with Crippen molar-refractivity contribution in [3.8, 4) is 10.6 Å². The summed E-state index contributed by atoms with van der Waals surface area (Å²) in [7, 11) is 0. The number of rotatable bonds is 6. The number of aliphatic imine (C=N–C) groups is 1. The lowest BCUT2D eigenvalue weighted by Crippen LogP contribution is -2.05. The third-order valence-corrected chi connectivity index (χ3v) is 4.28. The maximum absolute atomic E-state index is 12.2. The van der Waals surface area contributed by atoms with E-state index in [-0.39, 0.29) is 5.97 Å². The molecule has 0 saturated carbocycles. The number of ether oxygens (including phenoxy) is 1. The molecule has 0 N–H and O–H groups in total. The lowest BCUT2D eigenvalue weighted by molar-refractivity contribution is 0.0526. The number of carbonyl (C=O) groups is 1. The molecule has 0 bridgehead atoms. The van der Waals surface area contributed by atoms with Gasteiger partial charge in [0.05, 0.1) is 17.9 Å². The quantitative estimate of drug-likeness (QED) is 0.541. The number of hydrogen-bond donors (Lipinski definition) is 0. The molecular formula is C18H22N2O2S. The molecule has 0 aliphatic heterocycles. The van der Waals surface area contributed by atoms with Crippen LogP contribution >= 0.6 is 11.3 Å². The Bertz CT molecular complexity index is 706. The van der Waals surface area contributed by atoms with Crippen molar-refractivity contribution in [1.29, 1.82) is 0 Å². The third-order valence-electron chi connectivity index (χ3n) is 3.48. The van der Waals surface area contributed by atoms with E-state index in [1.807, 2.05) is 31.4 Å². The zero-order valence-electron chi connectivity index (χ0n) is 14.0. The van der Waals surface area contributed by atoms with Crippen LogP contribution in [0.1, 0.15) is 49.5 Å². The van der Waals surface area contributed by atoms with Gasteiger partial charge in [-0.15, -0.1) is 11.3 Å². The molecule has 0 atom stereocenters. The molecule has 5 heteroatoms. The highest BCUT2D eigenvalue weighted by atomic mass is 32.1. The Hall–Kier alpha value is -2.01. The summed E-state index contributed by atoms with van der Waals surface area (Å²) in [5.41, 5.74) is 4.36. The van der Waals surface area contributed by atoms with Crippen molar-refractivity contribution < 1.29 is 9.53 Å². The maximum Gasteiger partial charge on any atom is 0.338 e. The Morgan fingerprint density at radius 2 is 2.13 bits per heavy atom. The highest BCUT2D eigenvalue weighted by Crippen LogP contribution is 2.33. The van der Waals surface area contributed by atoms with Gasteiger partial charge in [0.1, 0.15) is 5.01 Å². The van der Waals surface area contributed by atoms with E-state index in [1.54, 1.807) is 24.5 Å². The first-order valence-electron chi connectivity index (χ1n) is 7.82. The van der Waals surface area contributed by atoms with Gasteiger partial charge in [-0.25, -0.2) is 9.78 Å². The van der Waals surface area contributed by atoms with E-state index in [0.717, 1.165) is 40.4 Å². The Balaban J connectivity index is 2.56. The van der Waals surface area contributed by atoms with E-state index in [4.69, 9.17) is 9.73 Å². The summed E-state index contributed by atoms with van der Waals surface area (Å²) in [4.78, 5) is 21.2. The van der Waals surface area contributed by atoms with Gasteiger partial charge >= 0.3 is 5.97 Å². The molecule has 122 valence electrons. The topological polar surface area (TPSA) is 51.5 Å². The van der Waals surface area contributed by atoms with Crippen molar-refractivity contribution in [2.24, 2.45) is 4.99 Å². The van der Waals surface area contributed by atoms with Crippen LogP contribution in [0.5, 0.6) is 0 Å². The lowest BCUT2D eigenvalue weighted by atomic mass is 10.0. The Morgan fingerprint density at radius 1 is 1.35 bits per heavy atom. The van der Waals surface area contributed by atoms with Crippen molar-refractivity contribution in [3.63, 3.8) is 0 Å². The molecule has 2 aromatic rings. The maximum atomic E-state index is 12.2. The highest BCUT2D eigenvalue weighted by Gasteiger charge is 2.15. The molecule has 0 spiro atoms. The molecule has 0 amide bonds. The summed E-state index contributed by atoms with van der Waals surface area (Å²) >= 11 is 1.55. The SMILES string of the molecule is CCC/C(C)=N\c1cc(C(=O)OCC)cc(-c2nccs2)c1C. The van der Waals surface area contributed by atoms with Crippen molar-refractivity contribution in [1.82, 2.24) is 4.98 Å². The van der Waals surface area contributed by atoms with E-state index >= 15 is 0 Å². The lowest BCUT2D eigenvalue weighted by Gasteiger charge is -2.11. The molecule has 0 radical (unpaired) electrons. The van der Waals surface area contributed by atoms with Crippen molar-refractivity contribution in [2.75, 3.05) is 6.61 Å². The summed E-state index contributed by atoms with van der Waals surface area (Å²) in [6, 6.07) is 3.66. The van der Waals surface area contributed by atoms with Gasteiger partial charge in [0.2, 0.25) is 0 Å². The molecule has 1 aromatic heterocycles. The first-order chi connectivity index (χ1) is 11.1. The third kappa shape index (κ3) is 4.26. The van der Waals surface area contributed by atoms with Gasteiger partial charge < -0.3 is 4.74 Å². The van der Waals surface area contributed by atoms with Crippen LogP contribution in [0.4, 0.5) is 5.69 Å². The summed E-state index contributed by atoms with van der Waals surface area (Å²) < 4.78 is 5.14. The van der Waals surface area contributed by atoms with E-state index in [1.165, 1.54) is 0 Å². The molecule has 23 heavy (non-hydrogen) atoms. The molecule has 0 unspecified atom stereocenters. The smallest absolute Gasteiger partial charge is 0.338 e. The molecular weight excluding hydrogens is 308 g/mol. The van der Waals surface area contributed by atoms with Crippen LogP contribution in [0.25, 0.3) is 10.6 Å². The van der Waals surface area contributed by atoms with Crippen LogP contribution in [0.3, 0.4) is 0 Å². The van der Waals surface area contributed by atoms with Crippen LogP contribution in [-0.2, 0) is 4.74 Å². The van der Waals surface area contributed by atoms with Gasteiger partial charge in [-0.3, -0.25) is 4.99 Å². The van der Waals surface area contributed by atoms with Gasteiger partial charge in [0, 0.05) is 22.9 Å². The number of thiazole rings is 1. The Kier molecular flexibility index (Phi) is 6.04. The number of nitrogens with zero attached hydrogens (tertiary/aromatic N) is 2. The highest BCUT2D eigenvalue weighted by molar-refractivity contribution is 7.13. The second kappa shape index (κ2) is 8.02. The van der Waals surface area contributed by atoms with E-state index < -0.39 is 0 Å². The summed E-state index contributed by atoms with van der Waals surface area (Å²) in [6.07, 6.45) is 3.75. The van der Waals surface area contributed by atoms with Crippen LogP contribution in [0.15, 0.2) is 28.7 Å². The first-order valence-corrected chi connectivity index (χ1v) is 8.70. The van der Waals surface area contributed by atoms with Crippen molar-refractivity contribution in [2.45, 2.75) is 40.5 Å². The van der Waals surface area contributed by atoms with Crippen LogP contribution in [0, 0.1) is 6.92 Å². The molecule has 0 saturated heterocycles. The van der Waals surface area contributed by atoms with Crippen LogP contribution < -0.4 is 0 Å². The van der Waals surface area contributed by atoms with Crippen LogP contribution in [-0.4, -0.2) is 23.3 Å². The molecule has 4 nitrogen and oxygen atoms in total. The molecule has 1 heterocycles. The van der Waals surface area contributed by atoms with E-state index in [9.17, 15) is 4.79 Å². The summed E-state index contributed by atoms with van der Waals surface area (Å²) in [5.74, 6) is -0.324. The average Bonchev–Trinajstić information content (AvgIpc) is 3.04. The van der Waals surface area contributed by atoms with E-state index in [0.29, 0.717) is 12.2 Å². The average molecular weight is 330 g/mol. The fourth-order valence-electron chi connectivity index (χ4n) is 2.35. The minimum absolute atomic E-state index is 0.324. The number of esters is 1. The fraction of sp³-hybridized carbons (Fsp3) is 0.389. The van der Waals surface area contributed by atoms with E-state index in [2.05, 4.69) is 11.9 Å². The number of hydrogen-bond acceptors (Lipinski definition) is 5. The molecule has 2 rings (SSSR count). The van der Waals surface area contributed by atoms with Gasteiger partial charge in [-0.2, -0.15) is 0 Å². The molecule has 0 aliphatic rings. The summed E-state index contributed by atoms with van der Waals surface area (Å²) in [5, 5.41) is 2.81. The zero-order valence-corrected chi connectivity index (χ0v) is 14.9. The van der Waals surface area contributed by atoms with Crippen LogP contribution in [0.2, 0.25) is 0 Å². The number of aromatic nitrogens is 1. The Labute approximate surface area is 141 Å². The minimum atomic E-state index is -0.324. The molecule has 1 aromatic carbocycles. The largest absolute Gasteiger partial charge is 0.462 e. The molecule has 0 fully saturated rings. The van der Waals surface area contributed by atoms with Gasteiger partial charge in [-0.05, 0) is 44.9 Å². The minimum Gasteiger partial charge on any atom is -0.462 e. The number of carbonyl (C=O) groups excluding carboxylic acids is 1. The van der Waals surface area contributed by atoms with Crippen molar-refractivity contribution >= 4 is 28.7 Å². The predicted molar refractivity (Wildman–Crippen MR) is 95.9 cm³/mol. The standard InChI is InChI=1S/C18H22N2O2S/c1-5-7-12(3)20-16-11-14(18(21)22-6-2)10-15(13(16)4)17-19-8-9-23-17/h8-11H,5-7H2,1-4H3/b20-12-. The summed E-state index contributed by atoms with van der Waals surface area (Å²) in [6.45, 7) is 8.32. The van der Waals surface area contributed by atoms with Crippen molar-refractivity contribution in [3.05, 3.63) is 34.8 Å². The van der Waals surface area contributed by atoms with Gasteiger partial charge in [-0.1, -0.05) is 13.3 Å². The second-order valence-corrected chi connectivity index (χ2v) is 6.22. The first kappa shape index (κ1) is 17.3. The zero-order chi connectivity index (χ0) is 16.8. The predicted octanol–water partition coefficient (Wildman–Crippen LogP) is 5.19. The van der Waals surface area contributed by atoms with Gasteiger partial charge in [0.25, 0.3) is 0 Å².